The van der Waals surface area contributed by atoms with Crippen molar-refractivity contribution in [1.82, 2.24) is 10.6 Å². The fourth-order valence-corrected chi connectivity index (χ4v) is 3.63. The highest BCUT2D eigenvalue weighted by molar-refractivity contribution is 6.00. The second-order valence-electron chi connectivity index (χ2n) is 8.12. The Morgan fingerprint density at radius 1 is 1.06 bits per heavy atom. The third kappa shape index (κ3) is 5.42. The van der Waals surface area contributed by atoms with E-state index in [-0.39, 0.29) is 24.0 Å². The van der Waals surface area contributed by atoms with Gasteiger partial charge in [0.2, 0.25) is 0 Å². The molecule has 2 N–H and O–H groups in total. The van der Waals surface area contributed by atoms with E-state index in [1.165, 1.54) is 0 Å². The average molecular weight is 424 g/mol. The molecule has 164 valence electrons. The average Bonchev–Trinajstić information content (AvgIpc) is 3.07. The van der Waals surface area contributed by atoms with Crippen LogP contribution >= 0.6 is 0 Å². The third-order valence-corrected chi connectivity index (χ3v) is 5.14. The van der Waals surface area contributed by atoms with E-state index in [0.717, 1.165) is 23.2 Å². The van der Waals surface area contributed by atoms with Crippen molar-refractivity contribution in [3.8, 4) is 0 Å². The number of carbonyl (C=O) groups is 3. The second-order valence-corrected chi connectivity index (χ2v) is 8.12. The number of ether oxygens (including phenoxy) is 1. The minimum atomic E-state index is -0.901. The van der Waals surface area contributed by atoms with E-state index in [1.807, 2.05) is 45.0 Å². The normalized spacial score (nSPS) is 15.9. The zero-order chi connectivity index (χ0) is 22.5. The number of nitrogens with zero attached hydrogens (tertiary/aromatic N) is 1. The molecule has 2 aromatic carbocycles. The van der Waals surface area contributed by atoms with Crippen LogP contribution in [0.2, 0.25) is 0 Å². The Balaban J connectivity index is 1.57. The number of carbonyl (C=O) groups excluding carboxylic acids is 3. The van der Waals surface area contributed by atoms with Crippen LogP contribution in [-0.2, 0) is 22.5 Å². The summed E-state index contributed by atoms with van der Waals surface area (Å²) in [7, 11) is 0. The maximum Gasteiger partial charge on any atom is 0.338 e. The highest BCUT2D eigenvalue weighted by atomic mass is 16.5. The maximum absolute atomic E-state index is 13.0. The fourth-order valence-electron chi connectivity index (χ4n) is 3.63. The van der Waals surface area contributed by atoms with Gasteiger partial charge in [-0.3, -0.25) is 4.79 Å². The van der Waals surface area contributed by atoms with Crippen molar-refractivity contribution in [1.29, 1.82) is 0 Å². The molecule has 0 saturated carbocycles. The number of hydrogen-bond donors (Lipinski definition) is 2. The highest BCUT2D eigenvalue weighted by Gasteiger charge is 2.34. The van der Waals surface area contributed by atoms with Gasteiger partial charge >= 0.3 is 12.0 Å². The van der Waals surface area contributed by atoms with Crippen LogP contribution in [0.5, 0.6) is 0 Å². The van der Waals surface area contributed by atoms with Crippen molar-refractivity contribution in [3.05, 3.63) is 65.2 Å². The standard InChI is InChI=1S/C24H29N3O4/c1-15(2)26-24(30)25-14-18-9-11-19(12-10-18)23(29)31-17(4)22(28)27-16(3)13-20-7-5-6-8-21(20)27/h5-12,15-17H,13-14H2,1-4H3,(H2,25,26,30)/t16-,17-/m0/s1. The Morgan fingerprint density at radius 2 is 1.74 bits per heavy atom. The van der Waals surface area contributed by atoms with Gasteiger partial charge in [-0.05, 0) is 63.4 Å². The molecule has 7 heteroatoms. The molecule has 0 radical (unpaired) electrons. The first-order chi connectivity index (χ1) is 14.8. The number of nitrogens with one attached hydrogen (secondary N) is 2. The van der Waals surface area contributed by atoms with Crippen LogP contribution in [0, 0.1) is 0 Å². The highest BCUT2D eigenvalue weighted by Crippen LogP contribution is 2.32. The monoisotopic (exact) mass is 423 g/mol. The largest absolute Gasteiger partial charge is 0.449 e. The Morgan fingerprint density at radius 3 is 2.42 bits per heavy atom. The molecule has 0 unspecified atom stereocenters. The topological polar surface area (TPSA) is 87.7 Å². The molecule has 7 nitrogen and oxygen atoms in total. The summed E-state index contributed by atoms with van der Waals surface area (Å²) < 4.78 is 5.45. The van der Waals surface area contributed by atoms with Crippen molar-refractivity contribution in [2.45, 2.75) is 58.8 Å². The molecule has 2 atom stereocenters. The summed E-state index contributed by atoms with van der Waals surface area (Å²) in [5, 5.41) is 5.50. The number of urea groups is 1. The Hall–Kier alpha value is -3.35. The number of anilines is 1. The van der Waals surface area contributed by atoms with Gasteiger partial charge < -0.3 is 20.3 Å². The van der Waals surface area contributed by atoms with E-state index in [1.54, 1.807) is 36.1 Å². The Bertz CT molecular complexity index is 956. The summed E-state index contributed by atoms with van der Waals surface area (Å²) in [6.07, 6.45) is -0.116. The minimum absolute atomic E-state index is 0.0192. The number of amides is 3. The van der Waals surface area contributed by atoms with E-state index in [9.17, 15) is 14.4 Å². The summed E-state index contributed by atoms with van der Waals surface area (Å²) in [6.45, 7) is 7.69. The Labute approximate surface area is 182 Å². The first-order valence-corrected chi connectivity index (χ1v) is 10.5. The van der Waals surface area contributed by atoms with Gasteiger partial charge in [0.25, 0.3) is 5.91 Å². The van der Waals surface area contributed by atoms with Crippen LogP contribution < -0.4 is 15.5 Å². The van der Waals surface area contributed by atoms with E-state index >= 15 is 0 Å². The molecule has 0 bridgehead atoms. The molecule has 0 fully saturated rings. The molecule has 1 aliphatic rings. The molecule has 31 heavy (non-hydrogen) atoms. The predicted octanol–water partition coefficient (Wildman–Crippen LogP) is 3.42. The van der Waals surface area contributed by atoms with E-state index in [4.69, 9.17) is 4.74 Å². The Kier molecular flexibility index (Phi) is 6.95. The van der Waals surface area contributed by atoms with Gasteiger partial charge in [0, 0.05) is 24.3 Å². The molecule has 0 spiro atoms. The lowest BCUT2D eigenvalue weighted by molar-refractivity contribution is -0.126. The summed E-state index contributed by atoms with van der Waals surface area (Å²) in [5.41, 5.74) is 3.20. The smallest absolute Gasteiger partial charge is 0.338 e. The lowest BCUT2D eigenvalue weighted by Gasteiger charge is -2.26. The van der Waals surface area contributed by atoms with Crippen molar-refractivity contribution in [3.63, 3.8) is 0 Å². The van der Waals surface area contributed by atoms with Crippen LogP contribution in [0.15, 0.2) is 48.5 Å². The van der Waals surface area contributed by atoms with Gasteiger partial charge in [-0.1, -0.05) is 30.3 Å². The van der Waals surface area contributed by atoms with E-state index in [2.05, 4.69) is 10.6 Å². The van der Waals surface area contributed by atoms with Crippen LogP contribution in [0.4, 0.5) is 10.5 Å². The first-order valence-electron chi connectivity index (χ1n) is 10.5. The predicted molar refractivity (Wildman–Crippen MR) is 119 cm³/mol. The number of para-hydroxylation sites is 1. The summed E-state index contributed by atoms with van der Waals surface area (Å²) in [5.74, 6) is -0.791. The van der Waals surface area contributed by atoms with Crippen molar-refractivity contribution in [2.24, 2.45) is 0 Å². The summed E-state index contributed by atoms with van der Waals surface area (Å²) in [6, 6.07) is 14.4. The maximum atomic E-state index is 13.0. The zero-order valence-corrected chi connectivity index (χ0v) is 18.3. The lowest BCUT2D eigenvalue weighted by Crippen LogP contribution is -2.43. The summed E-state index contributed by atoms with van der Waals surface area (Å²) >= 11 is 0. The zero-order valence-electron chi connectivity index (χ0n) is 18.3. The molecule has 3 rings (SSSR count). The molecule has 0 saturated heterocycles. The van der Waals surface area contributed by atoms with Crippen LogP contribution in [0.1, 0.15) is 49.2 Å². The number of benzene rings is 2. The minimum Gasteiger partial charge on any atom is -0.449 e. The van der Waals surface area contributed by atoms with Gasteiger partial charge in [-0.25, -0.2) is 9.59 Å². The van der Waals surface area contributed by atoms with Crippen LogP contribution in [-0.4, -0.2) is 36.1 Å². The number of esters is 1. The second kappa shape index (κ2) is 9.64. The van der Waals surface area contributed by atoms with Crippen molar-refractivity contribution in [2.75, 3.05) is 4.90 Å². The lowest BCUT2D eigenvalue weighted by atomic mass is 10.1. The van der Waals surface area contributed by atoms with Gasteiger partial charge in [-0.15, -0.1) is 0 Å². The van der Waals surface area contributed by atoms with Gasteiger partial charge in [-0.2, -0.15) is 0 Å². The number of hydrogen-bond acceptors (Lipinski definition) is 4. The quantitative estimate of drug-likeness (QED) is 0.697. The molecule has 0 aromatic heterocycles. The van der Waals surface area contributed by atoms with Crippen molar-refractivity contribution >= 4 is 23.6 Å². The van der Waals surface area contributed by atoms with E-state index in [0.29, 0.717) is 12.1 Å². The SMILES string of the molecule is CC(C)NC(=O)NCc1ccc(C(=O)O[C@@H](C)C(=O)N2c3ccccc3C[C@@H]2C)cc1. The summed E-state index contributed by atoms with van der Waals surface area (Å²) in [4.78, 5) is 38.9. The number of fused-ring (bicyclic) bond motifs is 1. The number of rotatable bonds is 6. The van der Waals surface area contributed by atoms with Crippen molar-refractivity contribution < 1.29 is 19.1 Å². The first kappa shape index (κ1) is 22.3. The molecular formula is C24H29N3O4. The molecule has 0 aliphatic carbocycles. The molecule has 3 amide bonds. The molecule has 2 aromatic rings. The molecule has 1 aliphatic heterocycles. The van der Waals surface area contributed by atoms with E-state index < -0.39 is 12.1 Å². The van der Waals surface area contributed by atoms with Gasteiger partial charge in [0.15, 0.2) is 6.10 Å². The van der Waals surface area contributed by atoms with Gasteiger partial charge in [0.05, 0.1) is 5.56 Å². The van der Waals surface area contributed by atoms with Crippen LogP contribution in [0.25, 0.3) is 0 Å². The van der Waals surface area contributed by atoms with Crippen LogP contribution in [0.3, 0.4) is 0 Å². The molecule has 1 heterocycles. The van der Waals surface area contributed by atoms with Gasteiger partial charge in [0.1, 0.15) is 0 Å². The molecular weight excluding hydrogens is 394 g/mol. The fraction of sp³-hybridized carbons (Fsp3) is 0.375. The third-order valence-electron chi connectivity index (χ3n) is 5.14.